The molecule has 2 rings (SSSR count). The van der Waals surface area contributed by atoms with Crippen LogP contribution in [0.15, 0.2) is 6.07 Å². The van der Waals surface area contributed by atoms with Gasteiger partial charge in [-0.2, -0.15) is 5.10 Å². The Labute approximate surface area is 145 Å². The zero-order chi connectivity index (χ0) is 18.1. The van der Waals surface area contributed by atoms with Gasteiger partial charge in [-0.15, -0.1) is 0 Å². The van der Waals surface area contributed by atoms with E-state index < -0.39 is 6.09 Å². The SMILES string of the molecule is CC(C)(C)c1cc(C(C)(C)C)n(CC[C@@H]2CN(C(=O)O)CCN2)n1. The Bertz CT molecular complexity index is 581. The number of carbonyl (C=O) groups is 1. The highest BCUT2D eigenvalue weighted by molar-refractivity contribution is 5.65. The van der Waals surface area contributed by atoms with Crippen molar-refractivity contribution in [3.63, 3.8) is 0 Å². The van der Waals surface area contributed by atoms with E-state index in [9.17, 15) is 4.79 Å². The van der Waals surface area contributed by atoms with Gasteiger partial charge in [0.1, 0.15) is 0 Å². The molecule has 0 bridgehead atoms. The van der Waals surface area contributed by atoms with Gasteiger partial charge in [-0.1, -0.05) is 41.5 Å². The van der Waals surface area contributed by atoms with Crippen molar-refractivity contribution in [1.82, 2.24) is 20.0 Å². The third-order valence-electron chi connectivity index (χ3n) is 4.53. The lowest BCUT2D eigenvalue weighted by molar-refractivity contribution is 0.126. The first-order valence-corrected chi connectivity index (χ1v) is 8.78. The van der Waals surface area contributed by atoms with E-state index in [2.05, 4.69) is 57.6 Å². The minimum atomic E-state index is -0.828. The Hall–Kier alpha value is -1.56. The van der Waals surface area contributed by atoms with Crippen LogP contribution in [0.4, 0.5) is 4.79 Å². The van der Waals surface area contributed by atoms with Crippen LogP contribution >= 0.6 is 0 Å². The molecule has 0 spiro atoms. The summed E-state index contributed by atoms with van der Waals surface area (Å²) in [5.74, 6) is 0. The molecule has 1 aliphatic rings. The normalized spacial score (nSPS) is 19.6. The molecule has 1 amide bonds. The zero-order valence-electron chi connectivity index (χ0n) is 15.9. The Kier molecular flexibility index (Phi) is 5.28. The number of hydrogen-bond acceptors (Lipinski definition) is 3. The van der Waals surface area contributed by atoms with E-state index in [0.717, 1.165) is 25.2 Å². The molecule has 2 N–H and O–H groups in total. The van der Waals surface area contributed by atoms with E-state index in [1.165, 1.54) is 10.6 Å². The topological polar surface area (TPSA) is 70.4 Å². The quantitative estimate of drug-likeness (QED) is 0.890. The third kappa shape index (κ3) is 4.50. The summed E-state index contributed by atoms with van der Waals surface area (Å²) in [7, 11) is 0. The summed E-state index contributed by atoms with van der Waals surface area (Å²) in [6.07, 6.45) is 0.0453. The second kappa shape index (κ2) is 6.75. The average Bonchev–Trinajstić information content (AvgIpc) is 2.90. The Balaban J connectivity index is 2.11. The molecule has 2 heterocycles. The summed E-state index contributed by atoms with van der Waals surface area (Å²) in [6, 6.07) is 2.41. The van der Waals surface area contributed by atoms with Crippen LogP contribution in [0.25, 0.3) is 0 Å². The van der Waals surface area contributed by atoms with E-state index >= 15 is 0 Å². The molecule has 24 heavy (non-hydrogen) atoms. The predicted octanol–water partition coefficient (Wildman–Crippen LogP) is 2.82. The molecule has 0 aliphatic carbocycles. The van der Waals surface area contributed by atoms with Crippen LogP contribution in [-0.2, 0) is 17.4 Å². The summed E-state index contributed by atoms with van der Waals surface area (Å²) in [4.78, 5) is 12.6. The van der Waals surface area contributed by atoms with Crippen molar-refractivity contribution >= 4 is 6.09 Å². The molecular formula is C18H32N4O2. The number of carboxylic acid groups (broad SMARTS) is 1. The predicted molar refractivity (Wildman–Crippen MR) is 95.6 cm³/mol. The molecule has 1 fully saturated rings. The summed E-state index contributed by atoms with van der Waals surface area (Å²) >= 11 is 0. The van der Waals surface area contributed by atoms with E-state index in [1.807, 2.05) is 0 Å². The van der Waals surface area contributed by atoms with Crippen LogP contribution in [0, 0.1) is 0 Å². The molecule has 0 unspecified atom stereocenters. The van der Waals surface area contributed by atoms with Crippen molar-refractivity contribution in [3.8, 4) is 0 Å². The van der Waals surface area contributed by atoms with Crippen LogP contribution in [0.2, 0.25) is 0 Å². The fourth-order valence-electron chi connectivity index (χ4n) is 3.03. The third-order valence-corrected chi connectivity index (χ3v) is 4.53. The number of aryl methyl sites for hydroxylation is 1. The standard InChI is InChI=1S/C18H32N4O2/c1-17(2,3)14-11-15(18(4,5)6)22(20-14)9-7-13-12-21(16(23)24)10-8-19-13/h11,13,19H,7-10,12H2,1-6H3,(H,23,24)/t13-/m1/s1. The smallest absolute Gasteiger partial charge is 0.407 e. The van der Waals surface area contributed by atoms with Crippen molar-refractivity contribution < 1.29 is 9.90 Å². The number of amides is 1. The van der Waals surface area contributed by atoms with E-state index in [-0.39, 0.29) is 16.9 Å². The molecule has 1 atom stereocenters. The Morgan fingerprint density at radius 2 is 1.96 bits per heavy atom. The summed E-state index contributed by atoms with van der Waals surface area (Å²) < 4.78 is 2.11. The fraction of sp³-hybridized carbons (Fsp3) is 0.778. The summed E-state index contributed by atoms with van der Waals surface area (Å²) in [6.45, 7) is 15.8. The van der Waals surface area contributed by atoms with Crippen LogP contribution in [0.3, 0.4) is 0 Å². The lowest BCUT2D eigenvalue weighted by Crippen LogP contribution is -2.52. The lowest BCUT2D eigenvalue weighted by atomic mass is 9.88. The van der Waals surface area contributed by atoms with Gasteiger partial charge in [0.15, 0.2) is 0 Å². The molecule has 1 aromatic rings. The molecule has 6 heteroatoms. The second-order valence-electron chi connectivity index (χ2n) is 8.81. The van der Waals surface area contributed by atoms with E-state index in [0.29, 0.717) is 13.1 Å². The van der Waals surface area contributed by atoms with Crippen LogP contribution < -0.4 is 5.32 Å². The molecular weight excluding hydrogens is 304 g/mol. The molecule has 136 valence electrons. The monoisotopic (exact) mass is 336 g/mol. The van der Waals surface area contributed by atoms with Gasteiger partial charge in [0.2, 0.25) is 0 Å². The number of nitrogens with zero attached hydrogens (tertiary/aromatic N) is 3. The van der Waals surface area contributed by atoms with Gasteiger partial charge >= 0.3 is 6.09 Å². The number of nitrogens with one attached hydrogen (secondary N) is 1. The zero-order valence-corrected chi connectivity index (χ0v) is 15.9. The van der Waals surface area contributed by atoms with Crippen molar-refractivity contribution in [2.24, 2.45) is 0 Å². The molecule has 1 aromatic heterocycles. The van der Waals surface area contributed by atoms with E-state index in [1.54, 1.807) is 0 Å². The molecule has 0 aromatic carbocycles. The van der Waals surface area contributed by atoms with Gasteiger partial charge in [-0.3, -0.25) is 4.68 Å². The first kappa shape index (κ1) is 18.8. The summed E-state index contributed by atoms with van der Waals surface area (Å²) in [5.41, 5.74) is 2.40. The van der Waals surface area contributed by atoms with Gasteiger partial charge in [0, 0.05) is 48.7 Å². The van der Waals surface area contributed by atoms with Crippen molar-refractivity contribution in [2.45, 2.75) is 71.4 Å². The first-order valence-electron chi connectivity index (χ1n) is 8.78. The molecule has 0 radical (unpaired) electrons. The average molecular weight is 336 g/mol. The van der Waals surface area contributed by atoms with Gasteiger partial charge in [-0.25, -0.2) is 4.79 Å². The second-order valence-corrected chi connectivity index (χ2v) is 8.81. The highest BCUT2D eigenvalue weighted by atomic mass is 16.4. The van der Waals surface area contributed by atoms with Crippen molar-refractivity contribution in [2.75, 3.05) is 19.6 Å². The molecule has 0 saturated carbocycles. The van der Waals surface area contributed by atoms with Crippen molar-refractivity contribution in [3.05, 3.63) is 17.5 Å². The minimum absolute atomic E-state index is 0.0223. The van der Waals surface area contributed by atoms with Crippen LogP contribution in [0.5, 0.6) is 0 Å². The maximum atomic E-state index is 11.2. The number of aromatic nitrogens is 2. The molecule has 6 nitrogen and oxygen atoms in total. The first-order chi connectivity index (χ1) is 11.0. The fourth-order valence-corrected chi connectivity index (χ4v) is 3.03. The molecule has 1 saturated heterocycles. The minimum Gasteiger partial charge on any atom is -0.465 e. The van der Waals surface area contributed by atoms with Crippen molar-refractivity contribution in [1.29, 1.82) is 0 Å². The van der Waals surface area contributed by atoms with Gasteiger partial charge in [0.25, 0.3) is 0 Å². The largest absolute Gasteiger partial charge is 0.465 e. The maximum Gasteiger partial charge on any atom is 0.407 e. The number of hydrogen-bond donors (Lipinski definition) is 2. The van der Waals surface area contributed by atoms with Gasteiger partial charge < -0.3 is 15.3 Å². The highest BCUT2D eigenvalue weighted by Crippen LogP contribution is 2.28. The lowest BCUT2D eigenvalue weighted by Gasteiger charge is -2.32. The van der Waals surface area contributed by atoms with Gasteiger partial charge in [-0.05, 0) is 12.5 Å². The number of rotatable bonds is 3. The maximum absolute atomic E-state index is 11.2. The number of piperazine rings is 1. The van der Waals surface area contributed by atoms with E-state index in [4.69, 9.17) is 10.2 Å². The Morgan fingerprint density at radius 3 is 2.50 bits per heavy atom. The van der Waals surface area contributed by atoms with Crippen LogP contribution in [0.1, 0.15) is 59.4 Å². The highest BCUT2D eigenvalue weighted by Gasteiger charge is 2.27. The van der Waals surface area contributed by atoms with Gasteiger partial charge in [0.05, 0.1) is 5.69 Å². The molecule has 1 aliphatic heterocycles. The Morgan fingerprint density at radius 1 is 1.29 bits per heavy atom. The van der Waals surface area contributed by atoms with Crippen LogP contribution in [-0.4, -0.2) is 51.6 Å². The summed E-state index contributed by atoms with van der Waals surface area (Å²) in [5, 5.41) is 17.4.